The summed E-state index contributed by atoms with van der Waals surface area (Å²) in [6.07, 6.45) is 3.98. The lowest BCUT2D eigenvalue weighted by atomic mass is 10.0. The Bertz CT molecular complexity index is 1160. The van der Waals surface area contributed by atoms with Crippen molar-refractivity contribution < 1.29 is 5.11 Å². The maximum absolute atomic E-state index is 10.1. The zero-order valence-electron chi connectivity index (χ0n) is 17.3. The minimum Gasteiger partial charge on any atom is -0.507 e. The molecule has 152 valence electrons. The number of nitrogens with two attached hydrogens (primary N) is 1. The van der Waals surface area contributed by atoms with Crippen LogP contribution in [0.4, 0.5) is 5.82 Å². The predicted octanol–water partition coefficient (Wildman–Crippen LogP) is 5.18. The molecule has 0 spiro atoms. The van der Waals surface area contributed by atoms with Crippen LogP contribution in [-0.4, -0.2) is 25.1 Å². The van der Waals surface area contributed by atoms with Gasteiger partial charge in [0.05, 0.1) is 17.9 Å². The first kappa shape index (κ1) is 19.6. The van der Waals surface area contributed by atoms with E-state index in [9.17, 15) is 5.11 Å². The molecule has 6 nitrogen and oxygen atoms in total. The number of rotatable bonds is 5. The van der Waals surface area contributed by atoms with Crippen molar-refractivity contribution in [2.75, 3.05) is 5.73 Å². The van der Waals surface area contributed by atoms with E-state index in [0.717, 1.165) is 22.3 Å². The Morgan fingerprint density at radius 1 is 0.867 bits per heavy atom. The minimum atomic E-state index is 0.158. The molecule has 0 aliphatic carbocycles. The molecule has 30 heavy (non-hydrogen) atoms. The van der Waals surface area contributed by atoms with E-state index < -0.39 is 0 Å². The number of nitrogen functional groups attached to an aromatic ring is 1. The molecule has 0 fully saturated rings. The molecule has 0 amide bonds. The fourth-order valence-corrected chi connectivity index (χ4v) is 3.31. The lowest BCUT2D eigenvalue weighted by Crippen LogP contribution is -2.11. The minimum absolute atomic E-state index is 0.158. The molecule has 4 rings (SSSR count). The Kier molecular flexibility index (Phi) is 5.23. The van der Waals surface area contributed by atoms with Crippen molar-refractivity contribution >= 4 is 5.82 Å². The van der Waals surface area contributed by atoms with Crippen LogP contribution in [0.15, 0.2) is 67.0 Å². The average Bonchev–Trinajstić information content (AvgIpc) is 3.24. The summed E-state index contributed by atoms with van der Waals surface area (Å²) in [4.78, 5) is 0. The topological polar surface area (TPSA) is 89.8 Å². The standard InChI is InChI=1S/C24H25N5O/c1-15(2)16(3)29-14-19(13-26-29)17-8-10-18(11-9-17)21-12-22(27-28-24(21)25)20-6-4-5-7-23(20)30/h4-16,30H,1-3H3,(H2,25,28). The predicted molar refractivity (Wildman–Crippen MR) is 120 cm³/mol. The average molecular weight is 399 g/mol. The highest BCUT2D eigenvalue weighted by Gasteiger charge is 2.13. The molecule has 6 heteroatoms. The highest BCUT2D eigenvalue weighted by Crippen LogP contribution is 2.33. The molecule has 0 saturated carbocycles. The van der Waals surface area contributed by atoms with E-state index in [-0.39, 0.29) is 5.75 Å². The van der Waals surface area contributed by atoms with Gasteiger partial charge in [0, 0.05) is 22.9 Å². The molecule has 3 N–H and O–H groups in total. The number of para-hydroxylation sites is 1. The van der Waals surface area contributed by atoms with E-state index in [1.165, 1.54) is 0 Å². The molecule has 2 heterocycles. The Hall–Kier alpha value is -3.67. The molecule has 0 radical (unpaired) electrons. The Morgan fingerprint density at radius 3 is 2.27 bits per heavy atom. The second-order valence-corrected chi connectivity index (χ2v) is 7.82. The first-order valence-corrected chi connectivity index (χ1v) is 10.0. The van der Waals surface area contributed by atoms with Crippen molar-refractivity contribution in [2.45, 2.75) is 26.8 Å². The first-order valence-electron chi connectivity index (χ1n) is 10.0. The van der Waals surface area contributed by atoms with Crippen LogP contribution in [0.25, 0.3) is 33.5 Å². The van der Waals surface area contributed by atoms with Gasteiger partial charge in [-0.25, -0.2) is 0 Å². The number of phenols is 1. The van der Waals surface area contributed by atoms with Crippen LogP contribution >= 0.6 is 0 Å². The molecule has 0 bridgehead atoms. The summed E-state index contributed by atoms with van der Waals surface area (Å²) >= 11 is 0. The van der Waals surface area contributed by atoms with Crippen LogP contribution in [-0.2, 0) is 0 Å². The highest BCUT2D eigenvalue weighted by atomic mass is 16.3. The number of hydrogen-bond donors (Lipinski definition) is 2. The van der Waals surface area contributed by atoms with Crippen molar-refractivity contribution in [1.82, 2.24) is 20.0 Å². The molecule has 1 unspecified atom stereocenters. The zero-order valence-corrected chi connectivity index (χ0v) is 17.3. The second-order valence-electron chi connectivity index (χ2n) is 7.82. The first-order chi connectivity index (χ1) is 14.4. The normalized spacial score (nSPS) is 12.3. The number of aromatic hydroxyl groups is 1. The van der Waals surface area contributed by atoms with Crippen LogP contribution < -0.4 is 5.73 Å². The van der Waals surface area contributed by atoms with Crippen LogP contribution in [0.2, 0.25) is 0 Å². The second kappa shape index (κ2) is 7.99. The van der Waals surface area contributed by atoms with Gasteiger partial charge in [-0.05, 0) is 42.2 Å². The van der Waals surface area contributed by atoms with Gasteiger partial charge in [0.25, 0.3) is 0 Å². The van der Waals surface area contributed by atoms with Gasteiger partial charge in [0.15, 0.2) is 5.82 Å². The maximum atomic E-state index is 10.1. The number of phenolic OH excluding ortho intramolecular Hbond substituents is 1. The quantitative estimate of drug-likeness (QED) is 0.483. The van der Waals surface area contributed by atoms with Gasteiger partial charge in [-0.3, -0.25) is 4.68 Å². The molecule has 2 aromatic carbocycles. The Labute approximate surface area is 176 Å². The van der Waals surface area contributed by atoms with Crippen LogP contribution in [0, 0.1) is 5.92 Å². The molecule has 0 saturated heterocycles. The van der Waals surface area contributed by atoms with Gasteiger partial charge >= 0.3 is 0 Å². The highest BCUT2D eigenvalue weighted by molar-refractivity contribution is 5.80. The summed E-state index contributed by atoms with van der Waals surface area (Å²) < 4.78 is 2.01. The van der Waals surface area contributed by atoms with Crippen molar-refractivity contribution in [3.63, 3.8) is 0 Å². The fraction of sp³-hybridized carbons (Fsp3) is 0.208. The summed E-state index contributed by atoms with van der Waals surface area (Å²) in [5.41, 5.74) is 11.2. The molecule has 1 atom stereocenters. The molecular weight excluding hydrogens is 374 g/mol. The van der Waals surface area contributed by atoms with Crippen LogP contribution in [0.1, 0.15) is 26.8 Å². The van der Waals surface area contributed by atoms with E-state index >= 15 is 0 Å². The van der Waals surface area contributed by atoms with Crippen molar-refractivity contribution in [3.8, 4) is 39.3 Å². The summed E-state index contributed by atoms with van der Waals surface area (Å²) in [6.45, 7) is 6.56. The number of benzene rings is 2. The summed E-state index contributed by atoms with van der Waals surface area (Å²) in [5.74, 6) is 1.02. The van der Waals surface area contributed by atoms with Gasteiger partial charge in [0.2, 0.25) is 0 Å². The van der Waals surface area contributed by atoms with Gasteiger partial charge in [-0.2, -0.15) is 5.10 Å². The van der Waals surface area contributed by atoms with Crippen molar-refractivity contribution in [1.29, 1.82) is 0 Å². The molecule has 0 aliphatic rings. The number of aromatic nitrogens is 4. The largest absolute Gasteiger partial charge is 0.507 e. The number of nitrogens with zero attached hydrogens (tertiary/aromatic N) is 4. The van der Waals surface area contributed by atoms with Crippen molar-refractivity contribution in [2.24, 2.45) is 5.92 Å². The summed E-state index contributed by atoms with van der Waals surface area (Å²) in [7, 11) is 0. The van der Waals surface area contributed by atoms with Crippen LogP contribution in [0.3, 0.4) is 0 Å². The SMILES string of the molecule is CC(C)C(C)n1cc(-c2ccc(-c3cc(-c4ccccc4O)nnc3N)cc2)cn1. The van der Waals surface area contributed by atoms with E-state index in [1.54, 1.807) is 18.2 Å². The van der Waals surface area contributed by atoms with E-state index in [0.29, 0.717) is 29.0 Å². The zero-order chi connectivity index (χ0) is 21.3. The molecule has 2 aromatic heterocycles. The fourth-order valence-electron chi connectivity index (χ4n) is 3.31. The van der Waals surface area contributed by atoms with E-state index in [2.05, 4.69) is 54.4 Å². The van der Waals surface area contributed by atoms with Crippen LogP contribution in [0.5, 0.6) is 5.75 Å². The molecule has 0 aliphatic heterocycles. The maximum Gasteiger partial charge on any atom is 0.154 e. The smallest absolute Gasteiger partial charge is 0.154 e. The lowest BCUT2D eigenvalue weighted by Gasteiger charge is -2.15. The van der Waals surface area contributed by atoms with Gasteiger partial charge in [-0.1, -0.05) is 50.2 Å². The van der Waals surface area contributed by atoms with E-state index in [4.69, 9.17) is 5.73 Å². The Balaban J connectivity index is 1.65. The van der Waals surface area contributed by atoms with Gasteiger partial charge in [0.1, 0.15) is 5.75 Å². The number of anilines is 1. The van der Waals surface area contributed by atoms with E-state index in [1.807, 2.05) is 35.1 Å². The third-order valence-corrected chi connectivity index (χ3v) is 5.52. The third-order valence-electron chi connectivity index (χ3n) is 5.52. The van der Waals surface area contributed by atoms with Gasteiger partial charge in [-0.15, -0.1) is 10.2 Å². The number of hydrogen-bond acceptors (Lipinski definition) is 5. The summed E-state index contributed by atoms with van der Waals surface area (Å²) in [5, 5.41) is 22.9. The van der Waals surface area contributed by atoms with Crippen molar-refractivity contribution in [3.05, 3.63) is 67.0 Å². The van der Waals surface area contributed by atoms with Gasteiger partial charge < -0.3 is 10.8 Å². The monoisotopic (exact) mass is 399 g/mol. The summed E-state index contributed by atoms with van der Waals surface area (Å²) in [6, 6.07) is 17.4. The molecule has 4 aromatic rings. The lowest BCUT2D eigenvalue weighted by molar-refractivity contribution is 0.375. The Morgan fingerprint density at radius 2 is 1.57 bits per heavy atom. The third kappa shape index (κ3) is 3.76. The molecular formula is C24H25N5O.